The molecule has 1 aromatic carbocycles. The van der Waals surface area contributed by atoms with E-state index in [-0.39, 0.29) is 6.54 Å². The number of hydrogen-bond donors (Lipinski definition) is 1. The minimum absolute atomic E-state index is 0.171. The molecular formula is C15H13BrN4O2. The number of rotatable bonds is 3. The fourth-order valence-electron chi connectivity index (χ4n) is 2.44. The minimum atomic E-state index is -0.924. The second-order valence-corrected chi connectivity index (χ2v) is 5.80. The second-order valence-electron chi connectivity index (χ2n) is 5.05. The lowest BCUT2D eigenvalue weighted by molar-refractivity contribution is -0.137. The van der Waals surface area contributed by atoms with Gasteiger partial charge in [0, 0.05) is 23.3 Å². The predicted octanol–water partition coefficient (Wildman–Crippen LogP) is 2.96. The maximum absolute atomic E-state index is 11.0. The van der Waals surface area contributed by atoms with Crippen LogP contribution in [0.3, 0.4) is 0 Å². The normalized spacial score (nSPS) is 11.0. The van der Waals surface area contributed by atoms with Gasteiger partial charge in [-0.25, -0.2) is 9.97 Å². The van der Waals surface area contributed by atoms with Crippen LogP contribution in [-0.4, -0.2) is 30.8 Å². The highest BCUT2D eigenvalue weighted by Gasteiger charge is 2.15. The molecule has 0 amide bonds. The largest absolute Gasteiger partial charge is 0.480 e. The zero-order chi connectivity index (χ0) is 15.9. The standard InChI is InChI=1S/C15H13BrN4O2/c1-8-3-10(11-5-17-9(2)18-6-11)4-12-14(8)20(7-13(21)22)19-15(12)16/h3-6H,7H2,1-2H3,(H,21,22). The summed E-state index contributed by atoms with van der Waals surface area (Å²) in [6, 6.07) is 3.95. The van der Waals surface area contributed by atoms with E-state index in [1.54, 1.807) is 12.4 Å². The summed E-state index contributed by atoms with van der Waals surface area (Å²) in [5.41, 5.74) is 3.65. The van der Waals surface area contributed by atoms with Gasteiger partial charge in [0.2, 0.25) is 0 Å². The van der Waals surface area contributed by atoms with E-state index in [1.807, 2.05) is 26.0 Å². The van der Waals surface area contributed by atoms with Crippen molar-refractivity contribution in [1.29, 1.82) is 0 Å². The van der Waals surface area contributed by atoms with Crippen LogP contribution in [0.15, 0.2) is 29.1 Å². The first kappa shape index (κ1) is 14.6. The number of carboxylic acids is 1. The molecule has 0 aliphatic rings. The molecule has 1 N–H and O–H groups in total. The summed E-state index contributed by atoms with van der Waals surface area (Å²) in [5.74, 6) is -0.204. The molecule has 7 heteroatoms. The molecule has 2 heterocycles. The number of halogens is 1. The van der Waals surface area contributed by atoms with Gasteiger partial charge in [-0.05, 0) is 53.0 Å². The quantitative estimate of drug-likeness (QED) is 0.776. The SMILES string of the molecule is Cc1ncc(-c2cc(C)c3c(c2)c(Br)nn3CC(=O)O)cn1. The second kappa shape index (κ2) is 5.49. The summed E-state index contributed by atoms with van der Waals surface area (Å²) in [4.78, 5) is 19.4. The van der Waals surface area contributed by atoms with Crippen molar-refractivity contribution in [1.82, 2.24) is 19.7 Å². The number of aliphatic carboxylic acids is 1. The van der Waals surface area contributed by atoms with E-state index in [9.17, 15) is 4.79 Å². The highest BCUT2D eigenvalue weighted by atomic mass is 79.9. The Morgan fingerprint density at radius 1 is 1.23 bits per heavy atom. The van der Waals surface area contributed by atoms with Gasteiger partial charge in [0.15, 0.2) is 0 Å². The average Bonchev–Trinajstić information content (AvgIpc) is 2.75. The van der Waals surface area contributed by atoms with E-state index >= 15 is 0 Å². The summed E-state index contributed by atoms with van der Waals surface area (Å²) in [6.45, 7) is 3.61. The molecule has 0 unspecified atom stereocenters. The van der Waals surface area contributed by atoms with E-state index < -0.39 is 5.97 Å². The van der Waals surface area contributed by atoms with Crippen molar-refractivity contribution < 1.29 is 9.90 Å². The Balaban J connectivity index is 2.18. The van der Waals surface area contributed by atoms with Crippen LogP contribution < -0.4 is 0 Å². The van der Waals surface area contributed by atoms with Gasteiger partial charge in [-0.3, -0.25) is 9.48 Å². The number of carbonyl (C=O) groups is 1. The number of fused-ring (bicyclic) bond motifs is 1. The molecule has 0 saturated carbocycles. The topological polar surface area (TPSA) is 80.9 Å². The Morgan fingerprint density at radius 3 is 2.55 bits per heavy atom. The monoisotopic (exact) mass is 360 g/mol. The van der Waals surface area contributed by atoms with Crippen molar-refractivity contribution in [2.75, 3.05) is 0 Å². The number of aromatic nitrogens is 4. The zero-order valence-electron chi connectivity index (χ0n) is 12.0. The maximum Gasteiger partial charge on any atom is 0.325 e. The Morgan fingerprint density at radius 2 is 1.91 bits per heavy atom. The van der Waals surface area contributed by atoms with E-state index in [4.69, 9.17) is 5.11 Å². The van der Waals surface area contributed by atoms with Crippen molar-refractivity contribution in [2.45, 2.75) is 20.4 Å². The van der Waals surface area contributed by atoms with Crippen molar-refractivity contribution >= 4 is 32.8 Å². The fourth-order valence-corrected chi connectivity index (χ4v) is 2.93. The summed E-state index contributed by atoms with van der Waals surface area (Å²) in [5, 5.41) is 14.1. The summed E-state index contributed by atoms with van der Waals surface area (Å²) in [7, 11) is 0. The molecule has 2 aromatic heterocycles. The first-order valence-electron chi connectivity index (χ1n) is 6.63. The highest BCUT2D eigenvalue weighted by molar-refractivity contribution is 9.10. The molecule has 0 fully saturated rings. The van der Waals surface area contributed by atoms with Crippen molar-refractivity contribution in [3.05, 3.63) is 40.5 Å². The molecule has 0 aliphatic carbocycles. The van der Waals surface area contributed by atoms with E-state index in [1.165, 1.54) is 4.68 Å². The Bertz CT molecular complexity index is 871. The third-order valence-corrected chi connectivity index (χ3v) is 3.97. The average molecular weight is 361 g/mol. The zero-order valence-corrected chi connectivity index (χ0v) is 13.6. The van der Waals surface area contributed by atoms with Crippen LogP contribution in [0.2, 0.25) is 0 Å². The lowest BCUT2D eigenvalue weighted by Crippen LogP contribution is -2.10. The maximum atomic E-state index is 11.0. The van der Waals surface area contributed by atoms with E-state index in [2.05, 4.69) is 31.0 Å². The molecule has 0 spiro atoms. The number of nitrogens with zero attached hydrogens (tertiary/aromatic N) is 4. The number of benzene rings is 1. The number of aryl methyl sites for hydroxylation is 2. The van der Waals surface area contributed by atoms with Gasteiger partial charge < -0.3 is 5.11 Å². The molecule has 3 rings (SSSR count). The van der Waals surface area contributed by atoms with Gasteiger partial charge in [0.25, 0.3) is 0 Å². The van der Waals surface area contributed by atoms with Crippen LogP contribution in [0.4, 0.5) is 0 Å². The lowest BCUT2D eigenvalue weighted by atomic mass is 10.0. The van der Waals surface area contributed by atoms with Gasteiger partial charge >= 0.3 is 5.97 Å². The van der Waals surface area contributed by atoms with Gasteiger partial charge in [0.1, 0.15) is 17.0 Å². The number of carboxylic acid groups (broad SMARTS) is 1. The smallest absolute Gasteiger partial charge is 0.325 e. The predicted molar refractivity (Wildman–Crippen MR) is 85.6 cm³/mol. The van der Waals surface area contributed by atoms with Crippen molar-refractivity contribution in [2.24, 2.45) is 0 Å². The van der Waals surface area contributed by atoms with Crippen LogP contribution in [0, 0.1) is 13.8 Å². The summed E-state index contributed by atoms with van der Waals surface area (Å²) >= 11 is 3.40. The third kappa shape index (κ3) is 2.59. The lowest BCUT2D eigenvalue weighted by Gasteiger charge is -2.06. The molecule has 0 aliphatic heterocycles. The molecule has 0 atom stereocenters. The van der Waals surface area contributed by atoms with Crippen LogP contribution >= 0.6 is 15.9 Å². The van der Waals surface area contributed by atoms with E-state index in [0.29, 0.717) is 4.60 Å². The molecule has 0 bridgehead atoms. The van der Waals surface area contributed by atoms with Gasteiger partial charge in [-0.1, -0.05) is 0 Å². The van der Waals surface area contributed by atoms with Crippen LogP contribution in [0.5, 0.6) is 0 Å². The Hall–Kier alpha value is -2.28. The van der Waals surface area contributed by atoms with Crippen LogP contribution in [0.1, 0.15) is 11.4 Å². The minimum Gasteiger partial charge on any atom is -0.480 e. The molecule has 6 nitrogen and oxygen atoms in total. The molecule has 0 saturated heterocycles. The molecular weight excluding hydrogens is 348 g/mol. The van der Waals surface area contributed by atoms with E-state index in [0.717, 1.165) is 33.4 Å². The van der Waals surface area contributed by atoms with Crippen molar-refractivity contribution in [3.8, 4) is 11.1 Å². The summed E-state index contributed by atoms with van der Waals surface area (Å²) in [6.07, 6.45) is 3.55. The fraction of sp³-hybridized carbons (Fsp3) is 0.200. The first-order valence-corrected chi connectivity index (χ1v) is 7.42. The highest BCUT2D eigenvalue weighted by Crippen LogP contribution is 2.31. The van der Waals surface area contributed by atoms with Gasteiger partial charge in [-0.2, -0.15) is 5.10 Å². The molecule has 112 valence electrons. The Labute approximate surface area is 134 Å². The van der Waals surface area contributed by atoms with Crippen molar-refractivity contribution in [3.63, 3.8) is 0 Å². The number of hydrogen-bond acceptors (Lipinski definition) is 4. The van der Waals surface area contributed by atoms with Gasteiger partial charge in [0.05, 0.1) is 5.52 Å². The third-order valence-electron chi connectivity index (χ3n) is 3.39. The van der Waals surface area contributed by atoms with Crippen LogP contribution in [-0.2, 0) is 11.3 Å². The molecule has 22 heavy (non-hydrogen) atoms. The Kier molecular flexibility index (Phi) is 3.66. The molecule has 3 aromatic rings. The summed E-state index contributed by atoms with van der Waals surface area (Å²) < 4.78 is 2.12. The van der Waals surface area contributed by atoms with Gasteiger partial charge in [-0.15, -0.1) is 0 Å². The molecule has 0 radical (unpaired) electrons. The first-order chi connectivity index (χ1) is 10.5. The van der Waals surface area contributed by atoms with Crippen LogP contribution in [0.25, 0.3) is 22.0 Å².